The van der Waals surface area contributed by atoms with Crippen LogP contribution in [0.2, 0.25) is 15.1 Å². The Labute approximate surface area is 220 Å². The average molecular weight is 555 g/mol. The minimum absolute atomic E-state index is 0.00429. The number of hydrogen-bond donors (Lipinski definition) is 0. The van der Waals surface area contributed by atoms with Crippen LogP contribution in [0, 0.1) is 11.8 Å². The SMILES string of the molecule is COc1cc(Cl)cc(N2C(=O)C3C4CC(=C(F)F)CN4C4(CN(C)c5c(Cl)cc(Cl)cc54)C3C2=O)c1. The molecule has 6 rings (SSSR count). The predicted molar refractivity (Wildman–Crippen MR) is 133 cm³/mol. The summed E-state index contributed by atoms with van der Waals surface area (Å²) in [6.45, 7) is 0.260. The smallest absolute Gasteiger partial charge is 0.270 e. The number of amides is 2. The van der Waals surface area contributed by atoms with Crippen molar-refractivity contribution in [3.8, 4) is 5.75 Å². The van der Waals surface area contributed by atoms with Crippen LogP contribution >= 0.6 is 34.8 Å². The Hall–Kier alpha value is -2.39. The summed E-state index contributed by atoms with van der Waals surface area (Å²) in [5.74, 6) is -2.10. The molecule has 36 heavy (non-hydrogen) atoms. The molecular formula is C25H20Cl3F2N3O3. The lowest BCUT2D eigenvalue weighted by atomic mass is 9.75. The van der Waals surface area contributed by atoms with Crippen molar-refractivity contribution < 1.29 is 23.1 Å². The molecule has 4 aliphatic heterocycles. The van der Waals surface area contributed by atoms with E-state index in [0.29, 0.717) is 38.6 Å². The summed E-state index contributed by atoms with van der Waals surface area (Å²) in [5, 5.41) is 1.07. The molecule has 0 aliphatic carbocycles. The van der Waals surface area contributed by atoms with Crippen LogP contribution in [0.15, 0.2) is 42.0 Å². The molecule has 11 heteroatoms. The number of carbonyl (C=O) groups excluding carboxylic acids is 2. The third-order valence-electron chi connectivity index (χ3n) is 7.98. The predicted octanol–water partition coefficient (Wildman–Crippen LogP) is 5.34. The van der Waals surface area contributed by atoms with Gasteiger partial charge in [-0.3, -0.25) is 14.5 Å². The molecule has 0 bridgehead atoms. The highest BCUT2D eigenvalue weighted by Crippen LogP contribution is 2.63. The molecule has 0 N–H and O–H groups in total. The van der Waals surface area contributed by atoms with E-state index in [1.54, 1.807) is 24.3 Å². The summed E-state index contributed by atoms with van der Waals surface area (Å²) in [6, 6.07) is 7.44. The van der Waals surface area contributed by atoms with Gasteiger partial charge in [0.15, 0.2) is 0 Å². The lowest BCUT2D eigenvalue weighted by Gasteiger charge is -2.39. The monoisotopic (exact) mass is 553 g/mol. The first kappa shape index (κ1) is 24.0. The normalized spacial score (nSPS) is 28.9. The van der Waals surface area contributed by atoms with Crippen molar-refractivity contribution in [2.75, 3.05) is 37.0 Å². The van der Waals surface area contributed by atoms with E-state index in [1.165, 1.54) is 13.2 Å². The first-order valence-electron chi connectivity index (χ1n) is 11.3. The van der Waals surface area contributed by atoms with Crippen LogP contribution in [0.4, 0.5) is 20.2 Å². The lowest BCUT2D eigenvalue weighted by molar-refractivity contribution is -0.124. The standard InChI is InChI=1S/C25H20Cl3F2N3O3/c1-31-10-25(16-6-13(27)7-17(28)21(16)31)20-19(18-3-11(22(29)30)9-32(18)25)23(34)33(24(20)35)14-4-12(26)5-15(8-14)36-2/h4-8,18-20H,3,9-10H2,1-2H3. The van der Waals surface area contributed by atoms with Crippen molar-refractivity contribution in [2.24, 2.45) is 11.8 Å². The number of imide groups is 1. The Balaban J connectivity index is 1.57. The van der Waals surface area contributed by atoms with Gasteiger partial charge in [0.1, 0.15) is 5.75 Å². The quantitative estimate of drug-likeness (QED) is 0.469. The molecule has 2 amide bonds. The van der Waals surface area contributed by atoms with E-state index in [4.69, 9.17) is 39.5 Å². The van der Waals surface area contributed by atoms with Crippen molar-refractivity contribution in [3.05, 3.63) is 62.6 Å². The third-order valence-corrected chi connectivity index (χ3v) is 8.71. The third kappa shape index (κ3) is 3.05. The highest BCUT2D eigenvalue weighted by Gasteiger charge is 2.72. The topological polar surface area (TPSA) is 53.1 Å². The number of carbonyl (C=O) groups is 2. The summed E-state index contributed by atoms with van der Waals surface area (Å²) in [6.07, 6.45) is -1.75. The summed E-state index contributed by atoms with van der Waals surface area (Å²) in [7, 11) is 3.29. The molecule has 3 fully saturated rings. The number of nitrogens with zero attached hydrogens (tertiary/aromatic N) is 3. The van der Waals surface area contributed by atoms with E-state index >= 15 is 0 Å². The number of rotatable bonds is 2. The van der Waals surface area contributed by atoms with Crippen LogP contribution < -0.4 is 14.5 Å². The Bertz CT molecular complexity index is 1380. The van der Waals surface area contributed by atoms with Gasteiger partial charge in [-0.1, -0.05) is 34.8 Å². The first-order valence-corrected chi connectivity index (χ1v) is 12.4. The molecule has 188 valence electrons. The van der Waals surface area contributed by atoms with Crippen LogP contribution in [-0.4, -0.2) is 50.0 Å². The Morgan fingerprint density at radius 1 is 1.06 bits per heavy atom. The van der Waals surface area contributed by atoms with Crippen LogP contribution in [0.25, 0.3) is 0 Å². The Kier molecular flexibility index (Phi) is 5.36. The van der Waals surface area contributed by atoms with Gasteiger partial charge in [0, 0.05) is 53.4 Å². The molecule has 2 aromatic carbocycles. The number of ether oxygens (including phenoxy) is 1. The second-order valence-corrected chi connectivity index (χ2v) is 11.0. The van der Waals surface area contributed by atoms with E-state index in [-0.39, 0.29) is 24.2 Å². The van der Waals surface area contributed by atoms with Gasteiger partial charge in [0.25, 0.3) is 6.08 Å². The molecule has 3 saturated heterocycles. The Morgan fingerprint density at radius 3 is 2.47 bits per heavy atom. The largest absolute Gasteiger partial charge is 0.497 e. The minimum Gasteiger partial charge on any atom is -0.497 e. The van der Waals surface area contributed by atoms with Gasteiger partial charge >= 0.3 is 0 Å². The number of hydrogen-bond acceptors (Lipinski definition) is 5. The molecule has 4 atom stereocenters. The van der Waals surface area contributed by atoms with Gasteiger partial charge in [0.05, 0.1) is 40.9 Å². The average Bonchev–Trinajstić information content (AvgIpc) is 3.49. The fourth-order valence-corrected chi connectivity index (χ4v) is 7.63. The molecule has 2 aromatic rings. The van der Waals surface area contributed by atoms with Crippen LogP contribution in [0.3, 0.4) is 0 Å². The van der Waals surface area contributed by atoms with Gasteiger partial charge in [-0.25, -0.2) is 4.90 Å². The minimum atomic E-state index is -1.75. The molecule has 4 heterocycles. The van der Waals surface area contributed by atoms with Crippen LogP contribution in [0.5, 0.6) is 5.75 Å². The maximum atomic E-state index is 14.2. The number of halogens is 5. The van der Waals surface area contributed by atoms with Gasteiger partial charge in [-0.2, -0.15) is 8.78 Å². The maximum absolute atomic E-state index is 14.2. The Morgan fingerprint density at radius 2 is 1.78 bits per heavy atom. The second kappa shape index (κ2) is 8.05. The van der Waals surface area contributed by atoms with Crippen LogP contribution in [0.1, 0.15) is 12.0 Å². The van der Waals surface area contributed by atoms with Gasteiger partial charge in [-0.05, 0) is 30.7 Å². The van der Waals surface area contributed by atoms with E-state index in [9.17, 15) is 18.4 Å². The van der Waals surface area contributed by atoms with Crippen molar-refractivity contribution in [3.63, 3.8) is 0 Å². The molecule has 1 spiro atoms. The molecular weight excluding hydrogens is 535 g/mol. The molecule has 6 nitrogen and oxygen atoms in total. The summed E-state index contributed by atoms with van der Waals surface area (Å²) in [4.78, 5) is 33.0. The number of methoxy groups -OCH3 is 1. The number of fused-ring (bicyclic) bond motifs is 7. The van der Waals surface area contributed by atoms with Gasteiger partial charge < -0.3 is 9.64 Å². The van der Waals surface area contributed by atoms with E-state index in [1.807, 2.05) is 16.8 Å². The van der Waals surface area contributed by atoms with E-state index in [0.717, 1.165) is 4.90 Å². The molecule has 0 saturated carbocycles. The second-order valence-electron chi connectivity index (χ2n) is 9.69. The molecule has 0 radical (unpaired) electrons. The van der Waals surface area contributed by atoms with Crippen molar-refractivity contribution in [1.82, 2.24) is 4.90 Å². The summed E-state index contributed by atoms with van der Waals surface area (Å²) < 4.78 is 32.9. The van der Waals surface area contributed by atoms with Gasteiger partial charge in [-0.15, -0.1) is 0 Å². The molecule has 4 aliphatic rings. The lowest BCUT2D eigenvalue weighted by Crippen LogP contribution is -2.52. The van der Waals surface area contributed by atoms with Crippen molar-refractivity contribution in [2.45, 2.75) is 18.0 Å². The summed E-state index contributed by atoms with van der Waals surface area (Å²) >= 11 is 19.2. The first-order chi connectivity index (χ1) is 17.1. The zero-order valence-electron chi connectivity index (χ0n) is 19.2. The van der Waals surface area contributed by atoms with Crippen molar-refractivity contribution >= 4 is 58.0 Å². The molecule has 0 aromatic heterocycles. The van der Waals surface area contributed by atoms with Crippen molar-refractivity contribution in [1.29, 1.82) is 0 Å². The number of anilines is 2. The van der Waals surface area contributed by atoms with E-state index < -0.39 is 41.3 Å². The summed E-state index contributed by atoms with van der Waals surface area (Å²) in [5.41, 5.74) is 0.556. The maximum Gasteiger partial charge on any atom is 0.270 e. The van der Waals surface area contributed by atoms with Crippen LogP contribution in [-0.2, 0) is 15.1 Å². The zero-order chi connectivity index (χ0) is 25.7. The fraction of sp³-hybridized carbons (Fsp3) is 0.360. The highest BCUT2D eigenvalue weighted by atomic mass is 35.5. The van der Waals surface area contributed by atoms with Gasteiger partial charge in [0.2, 0.25) is 11.8 Å². The number of likely N-dealkylation sites (N-methyl/N-ethyl adjacent to an activating group) is 1. The molecule has 4 unspecified atom stereocenters. The fourth-order valence-electron chi connectivity index (χ4n) is 6.77. The number of benzene rings is 2. The highest BCUT2D eigenvalue weighted by molar-refractivity contribution is 6.37. The van der Waals surface area contributed by atoms with E-state index in [2.05, 4.69) is 0 Å². The zero-order valence-corrected chi connectivity index (χ0v) is 21.5.